The molecular formula is C24H26N2O2S. The van der Waals surface area contributed by atoms with Gasteiger partial charge >= 0.3 is 0 Å². The predicted molar refractivity (Wildman–Crippen MR) is 123 cm³/mol. The number of thiophene rings is 1. The molecule has 4 aromatic rings. The van der Waals surface area contributed by atoms with Crippen molar-refractivity contribution in [2.45, 2.75) is 33.2 Å². The Hall–Kier alpha value is -2.63. The number of hydrogen-bond donors (Lipinski definition) is 2. The molecule has 0 fully saturated rings. The SMILES string of the molecule is CCN(C)C(C)Cc1ccc(-c2c(O)cc(C)c3[nH]c(=O)c4sccc4c23)cc1. The van der Waals surface area contributed by atoms with Crippen LogP contribution in [0.1, 0.15) is 25.0 Å². The fraction of sp³-hybridized carbons (Fsp3) is 0.292. The molecule has 0 saturated carbocycles. The number of aromatic amines is 1. The van der Waals surface area contributed by atoms with Crippen molar-refractivity contribution in [2.75, 3.05) is 13.6 Å². The third-order valence-corrected chi connectivity index (χ3v) is 6.82. The van der Waals surface area contributed by atoms with Crippen LogP contribution in [0.25, 0.3) is 32.1 Å². The number of phenols is 1. The minimum Gasteiger partial charge on any atom is -0.507 e. The van der Waals surface area contributed by atoms with E-state index in [2.05, 4.69) is 55.0 Å². The van der Waals surface area contributed by atoms with Crippen LogP contribution in [0.3, 0.4) is 0 Å². The standard InChI is InChI=1S/C24H26N2O2S/c1-5-26(4)15(3)13-16-6-8-17(9-7-16)20-19(27)12-14(2)22-21(20)18-10-11-29-23(18)24(28)25-22/h6-12,15,27H,5,13H2,1-4H3,(H,25,28). The van der Waals surface area contributed by atoms with Gasteiger partial charge in [-0.25, -0.2) is 0 Å². The first-order valence-electron chi connectivity index (χ1n) is 9.96. The smallest absolute Gasteiger partial charge is 0.266 e. The molecule has 2 heterocycles. The average Bonchev–Trinajstić information content (AvgIpc) is 3.20. The number of aromatic nitrogens is 1. The third-order valence-electron chi connectivity index (χ3n) is 5.91. The quantitative estimate of drug-likeness (QED) is 0.472. The van der Waals surface area contributed by atoms with Crippen molar-refractivity contribution in [3.05, 3.63) is 63.3 Å². The Kier molecular flexibility index (Phi) is 5.19. The molecule has 0 aliphatic carbocycles. The molecule has 0 aliphatic heterocycles. The van der Waals surface area contributed by atoms with Crippen LogP contribution in [-0.2, 0) is 6.42 Å². The van der Waals surface area contributed by atoms with Gasteiger partial charge in [-0.05, 0) is 68.1 Å². The first-order valence-corrected chi connectivity index (χ1v) is 10.8. The van der Waals surface area contributed by atoms with E-state index in [0.717, 1.165) is 45.9 Å². The summed E-state index contributed by atoms with van der Waals surface area (Å²) in [6.45, 7) is 7.34. The van der Waals surface area contributed by atoms with Crippen molar-refractivity contribution >= 4 is 32.3 Å². The summed E-state index contributed by atoms with van der Waals surface area (Å²) < 4.78 is 0.691. The van der Waals surface area contributed by atoms with E-state index in [0.29, 0.717) is 10.7 Å². The number of phenolic OH excluding ortho intramolecular Hbond substituents is 1. The third kappa shape index (κ3) is 3.45. The monoisotopic (exact) mass is 406 g/mol. The van der Waals surface area contributed by atoms with E-state index in [9.17, 15) is 9.90 Å². The van der Waals surface area contributed by atoms with Gasteiger partial charge in [-0.2, -0.15) is 0 Å². The molecule has 0 bridgehead atoms. The van der Waals surface area contributed by atoms with Gasteiger partial charge in [0.25, 0.3) is 5.56 Å². The fourth-order valence-electron chi connectivity index (χ4n) is 3.99. The molecule has 0 spiro atoms. The highest BCUT2D eigenvalue weighted by atomic mass is 32.1. The van der Waals surface area contributed by atoms with Crippen LogP contribution in [0, 0.1) is 6.92 Å². The minimum atomic E-state index is -0.0772. The summed E-state index contributed by atoms with van der Waals surface area (Å²) in [5.41, 5.74) is 4.57. The summed E-state index contributed by atoms with van der Waals surface area (Å²) in [6.07, 6.45) is 0.980. The lowest BCUT2D eigenvalue weighted by atomic mass is 9.94. The summed E-state index contributed by atoms with van der Waals surface area (Å²) in [4.78, 5) is 17.8. The molecular weight excluding hydrogens is 380 g/mol. The zero-order valence-electron chi connectivity index (χ0n) is 17.2. The highest BCUT2D eigenvalue weighted by molar-refractivity contribution is 7.17. The summed E-state index contributed by atoms with van der Waals surface area (Å²) in [7, 11) is 2.14. The first-order chi connectivity index (χ1) is 13.9. The van der Waals surface area contributed by atoms with Crippen molar-refractivity contribution in [1.29, 1.82) is 0 Å². The molecule has 5 heteroatoms. The van der Waals surface area contributed by atoms with E-state index in [4.69, 9.17) is 0 Å². The molecule has 150 valence electrons. The van der Waals surface area contributed by atoms with Crippen LogP contribution in [0.15, 0.2) is 46.6 Å². The van der Waals surface area contributed by atoms with Gasteiger partial charge in [0.1, 0.15) is 10.4 Å². The lowest BCUT2D eigenvalue weighted by Gasteiger charge is -2.23. The van der Waals surface area contributed by atoms with E-state index in [1.807, 2.05) is 18.4 Å². The Labute approximate surface area is 174 Å². The lowest BCUT2D eigenvalue weighted by molar-refractivity contribution is 0.270. The maximum Gasteiger partial charge on any atom is 0.266 e. The van der Waals surface area contributed by atoms with Crippen LogP contribution >= 0.6 is 11.3 Å². The van der Waals surface area contributed by atoms with Crippen LogP contribution in [0.5, 0.6) is 5.75 Å². The Morgan fingerprint density at radius 2 is 1.93 bits per heavy atom. The number of hydrogen-bond acceptors (Lipinski definition) is 4. The predicted octanol–water partition coefficient (Wildman–Crippen LogP) is 5.31. The minimum absolute atomic E-state index is 0.0772. The van der Waals surface area contributed by atoms with E-state index in [-0.39, 0.29) is 11.3 Å². The maximum absolute atomic E-state index is 12.5. The lowest BCUT2D eigenvalue weighted by Crippen LogP contribution is -2.30. The second-order valence-electron chi connectivity index (χ2n) is 7.78. The van der Waals surface area contributed by atoms with Gasteiger partial charge in [0.15, 0.2) is 0 Å². The molecule has 2 N–H and O–H groups in total. The first kappa shape index (κ1) is 19.7. The van der Waals surface area contributed by atoms with Crippen molar-refractivity contribution < 1.29 is 5.11 Å². The summed E-state index contributed by atoms with van der Waals surface area (Å²) >= 11 is 1.43. The van der Waals surface area contributed by atoms with E-state index in [1.54, 1.807) is 6.07 Å². The van der Waals surface area contributed by atoms with E-state index >= 15 is 0 Å². The Bertz CT molecular complexity index is 1240. The largest absolute Gasteiger partial charge is 0.507 e. The van der Waals surface area contributed by atoms with E-state index in [1.165, 1.54) is 16.9 Å². The van der Waals surface area contributed by atoms with Gasteiger partial charge in [-0.1, -0.05) is 31.2 Å². The average molecular weight is 407 g/mol. The number of aromatic hydroxyl groups is 1. The van der Waals surface area contributed by atoms with Crippen molar-refractivity contribution in [2.24, 2.45) is 0 Å². The second-order valence-corrected chi connectivity index (χ2v) is 8.69. The van der Waals surface area contributed by atoms with Crippen LogP contribution in [0.4, 0.5) is 0 Å². The van der Waals surface area contributed by atoms with Crippen molar-refractivity contribution in [3.63, 3.8) is 0 Å². The van der Waals surface area contributed by atoms with Crippen LogP contribution in [-0.4, -0.2) is 34.6 Å². The molecule has 4 rings (SSSR count). The Balaban J connectivity index is 1.86. The van der Waals surface area contributed by atoms with E-state index < -0.39 is 0 Å². The molecule has 0 aliphatic rings. The number of benzene rings is 2. The number of aryl methyl sites for hydroxylation is 1. The van der Waals surface area contributed by atoms with Crippen molar-refractivity contribution in [3.8, 4) is 16.9 Å². The van der Waals surface area contributed by atoms with Gasteiger partial charge in [0, 0.05) is 22.4 Å². The number of nitrogens with zero attached hydrogens (tertiary/aromatic N) is 1. The van der Waals surface area contributed by atoms with Crippen LogP contribution < -0.4 is 5.56 Å². The molecule has 0 amide bonds. The summed E-state index contributed by atoms with van der Waals surface area (Å²) in [6, 6.07) is 12.6. The van der Waals surface area contributed by atoms with Crippen LogP contribution in [0.2, 0.25) is 0 Å². The maximum atomic E-state index is 12.5. The molecule has 0 saturated heterocycles. The number of nitrogens with one attached hydrogen (secondary N) is 1. The highest BCUT2D eigenvalue weighted by Gasteiger charge is 2.17. The van der Waals surface area contributed by atoms with Crippen molar-refractivity contribution in [1.82, 2.24) is 9.88 Å². The Morgan fingerprint density at radius 1 is 1.21 bits per heavy atom. The molecule has 2 aromatic carbocycles. The van der Waals surface area contributed by atoms with Gasteiger partial charge in [0.2, 0.25) is 0 Å². The number of likely N-dealkylation sites (N-methyl/N-ethyl adjacent to an activating group) is 1. The second kappa shape index (κ2) is 7.65. The molecule has 2 aromatic heterocycles. The number of fused-ring (bicyclic) bond motifs is 3. The summed E-state index contributed by atoms with van der Waals surface area (Å²) in [5.74, 6) is 0.237. The molecule has 1 atom stereocenters. The molecule has 4 nitrogen and oxygen atoms in total. The topological polar surface area (TPSA) is 56.3 Å². The fourth-order valence-corrected chi connectivity index (χ4v) is 4.79. The Morgan fingerprint density at radius 3 is 2.62 bits per heavy atom. The zero-order chi connectivity index (χ0) is 20.7. The molecule has 1 unspecified atom stereocenters. The number of rotatable bonds is 5. The summed E-state index contributed by atoms with van der Waals surface area (Å²) in [5, 5.41) is 14.6. The number of H-pyrrole nitrogens is 1. The molecule has 0 radical (unpaired) electrons. The highest BCUT2D eigenvalue weighted by Crippen LogP contribution is 2.41. The van der Waals surface area contributed by atoms with Gasteiger partial charge in [-0.15, -0.1) is 11.3 Å². The van der Waals surface area contributed by atoms with Gasteiger partial charge in [-0.3, -0.25) is 4.79 Å². The normalized spacial score (nSPS) is 12.9. The van der Waals surface area contributed by atoms with Gasteiger partial charge in [0.05, 0.1) is 5.52 Å². The number of pyridine rings is 1. The molecule has 29 heavy (non-hydrogen) atoms. The zero-order valence-corrected chi connectivity index (χ0v) is 18.1. The van der Waals surface area contributed by atoms with Gasteiger partial charge < -0.3 is 15.0 Å².